The van der Waals surface area contributed by atoms with E-state index < -0.39 is 0 Å². The number of rotatable bonds is 3. The van der Waals surface area contributed by atoms with E-state index in [4.69, 9.17) is 12.2 Å². The molecule has 1 heterocycles. The van der Waals surface area contributed by atoms with Crippen molar-refractivity contribution in [2.75, 3.05) is 24.7 Å². The van der Waals surface area contributed by atoms with Crippen molar-refractivity contribution >= 4 is 46.1 Å². The third kappa shape index (κ3) is 2.88. The molecule has 0 saturated carbocycles. The second-order valence-corrected chi connectivity index (χ2v) is 5.60. The van der Waals surface area contributed by atoms with Crippen molar-refractivity contribution in [2.24, 2.45) is 5.10 Å². The first kappa shape index (κ1) is 13.0. The van der Waals surface area contributed by atoms with E-state index in [-0.39, 0.29) is 5.91 Å². The number of thiocarbonyl (C=S) groups is 1. The van der Waals surface area contributed by atoms with Crippen molar-refractivity contribution in [3.63, 3.8) is 0 Å². The number of anilines is 1. The largest absolute Gasteiger partial charge is 0.378 e. The van der Waals surface area contributed by atoms with Gasteiger partial charge in [-0.2, -0.15) is 10.1 Å². The number of amides is 1. The second kappa shape index (κ2) is 5.49. The maximum Gasteiger partial charge on any atom is 0.259 e. The summed E-state index contributed by atoms with van der Waals surface area (Å²) in [4.78, 5) is 13.5. The third-order valence-corrected chi connectivity index (χ3v) is 3.80. The van der Waals surface area contributed by atoms with E-state index in [9.17, 15) is 4.79 Å². The van der Waals surface area contributed by atoms with Crippen LogP contribution < -0.4 is 4.90 Å². The van der Waals surface area contributed by atoms with Gasteiger partial charge < -0.3 is 4.90 Å². The van der Waals surface area contributed by atoms with Crippen molar-refractivity contribution in [3.8, 4) is 0 Å². The molecular weight excluding hydrogens is 266 g/mol. The second-order valence-electron chi connectivity index (χ2n) is 3.99. The first-order valence-electron chi connectivity index (χ1n) is 5.39. The summed E-state index contributed by atoms with van der Waals surface area (Å²) in [6, 6.07) is 7.91. The molecule has 0 aromatic heterocycles. The quantitative estimate of drug-likeness (QED) is 0.626. The minimum Gasteiger partial charge on any atom is -0.378 e. The highest BCUT2D eigenvalue weighted by Gasteiger charge is 2.25. The summed E-state index contributed by atoms with van der Waals surface area (Å²) in [5, 5.41) is 5.39. The maximum atomic E-state index is 11.4. The fraction of sp³-hybridized carbons (Fsp3) is 0.250. The first-order chi connectivity index (χ1) is 8.58. The van der Waals surface area contributed by atoms with Gasteiger partial charge in [0.05, 0.1) is 12.0 Å². The summed E-state index contributed by atoms with van der Waals surface area (Å²) in [6.45, 7) is 0. The van der Waals surface area contributed by atoms with Gasteiger partial charge in [0.1, 0.15) is 0 Å². The standard InChI is InChI=1S/C12H13N3OS2/c1-14(2)10-5-3-9(4-6-10)7-13-15-11(16)8-18-12(15)17/h3-7H,8H2,1-2H3. The number of benzene rings is 1. The molecule has 0 N–H and O–H groups in total. The van der Waals surface area contributed by atoms with Gasteiger partial charge in [0, 0.05) is 19.8 Å². The van der Waals surface area contributed by atoms with Crippen LogP contribution in [0.15, 0.2) is 29.4 Å². The summed E-state index contributed by atoms with van der Waals surface area (Å²) >= 11 is 6.38. The molecule has 94 valence electrons. The Balaban J connectivity index is 2.09. The average Bonchev–Trinajstić information content (AvgIpc) is 2.67. The first-order valence-corrected chi connectivity index (χ1v) is 6.78. The number of carbonyl (C=O) groups is 1. The molecule has 0 radical (unpaired) electrons. The van der Waals surface area contributed by atoms with Crippen LogP contribution in [0.3, 0.4) is 0 Å². The van der Waals surface area contributed by atoms with E-state index in [0.29, 0.717) is 10.1 Å². The number of thioether (sulfide) groups is 1. The smallest absolute Gasteiger partial charge is 0.259 e. The molecule has 1 aromatic carbocycles. The lowest BCUT2D eigenvalue weighted by atomic mass is 10.2. The van der Waals surface area contributed by atoms with Crippen LogP contribution in [0.2, 0.25) is 0 Å². The van der Waals surface area contributed by atoms with Gasteiger partial charge in [-0.3, -0.25) is 4.79 Å². The highest BCUT2D eigenvalue weighted by atomic mass is 32.2. The summed E-state index contributed by atoms with van der Waals surface area (Å²) < 4.78 is 0.515. The molecule has 1 aromatic rings. The molecule has 0 spiro atoms. The number of carbonyl (C=O) groups excluding carboxylic acids is 1. The Kier molecular flexibility index (Phi) is 3.98. The van der Waals surface area contributed by atoms with Gasteiger partial charge in [-0.1, -0.05) is 36.1 Å². The van der Waals surface area contributed by atoms with Crippen molar-refractivity contribution in [2.45, 2.75) is 0 Å². The van der Waals surface area contributed by atoms with Gasteiger partial charge in [-0.15, -0.1) is 0 Å². The molecule has 18 heavy (non-hydrogen) atoms. The van der Waals surface area contributed by atoms with E-state index in [0.717, 1.165) is 11.3 Å². The topological polar surface area (TPSA) is 35.9 Å². The van der Waals surface area contributed by atoms with Crippen molar-refractivity contribution < 1.29 is 4.79 Å². The van der Waals surface area contributed by atoms with Crippen LogP contribution in [-0.2, 0) is 4.79 Å². The molecule has 0 aliphatic carbocycles. The van der Waals surface area contributed by atoms with Gasteiger partial charge in [-0.25, -0.2) is 0 Å². The number of hydrazone groups is 1. The monoisotopic (exact) mass is 279 g/mol. The third-order valence-electron chi connectivity index (χ3n) is 2.46. The Labute approximate surface area is 116 Å². The lowest BCUT2D eigenvalue weighted by molar-refractivity contribution is -0.123. The minimum absolute atomic E-state index is 0.0637. The molecule has 0 atom stereocenters. The molecule has 1 fully saturated rings. The number of hydrogen-bond acceptors (Lipinski definition) is 5. The summed E-state index contributed by atoms with van der Waals surface area (Å²) in [5.74, 6) is 0.321. The molecule has 6 heteroatoms. The highest BCUT2D eigenvalue weighted by Crippen LogP contribution is 2.19. The molecular formula is C12H13N3OS2. The molecule has 2 rings (SSSR count). The van der Waals surface area contributed by atoms with Crippen molar-refractivity contribution in [1.82, 2.24) is 5.01 Å². The molecule has 1 aliphatic heterocycles. The van der Waals surface area contributed by atoms with Crippen LogP contribution in [-0.4, -0.2) is 41.3 Å². The Morgan fingerprint density at radius 3 is 2.56 bits per heavy atom. The molecule has 1 saturated heterocycles. The zero-order valence-corrected chi connectivity index (χ0v) is 11.8. The fourth-order valence-electron chi connectivity index (χ4n) is 1.44. The van der Waals surface area contributed by atoms with E-state index in [1.165, 1.54) is 16.8 Å². The van der Waals surface area contributed by atoms with Crippen LogP contribution in [0.25, 0.3) is 0 Å². The van der Waals surface area contributed by atoms with Crippen LogP contribution in [0.5, 0.6) is 0 Å². The highest BCUT2D eigenvalue weighted by molar-refractivity contribution is 8.23. The normalized spacial score (nSPS) is 15.8. The van der Waals surface area contributed by atoms with Crippen LogP contribution in [0.1, 0.15) is 5.56 Å². The summed E-state index contributed by atoms with van der Waals surface area (Å²) in [5.41, 5.74) is 2.06. The summed E-state index contributed by atoms with van der Waals surface area (Å²) in [7, 11) is 3.98. The number of nitrogens with zero attached hydrogens (tertiary/aromatic N) is 3. The van der Waals surface area contributed by atoms with E-state index in [2.05, 4.69) is 5.10 Å². The molecule has 0 bridgehead atoms. The predicted octanol–water partition coefficient (Wildman–Crippen LogP) is 1.95. The van der Waals surface area contributed by atoms with E-state index in [1.54, 1.807) is 6.21 Å². The molecule has 4 nitrogen and oxygen atoms in total. The average molecular weight is 279 g/mol. The van der Waals surface area contributed by atoms with Gasteiger partial charge in [-0.05, 0) is 17.7 Å². The van der Waals surface area contributed by atoms with Gasteiger partial charge in [0.25, 0.3) is 5.91 Å². The Bertz CT molecular complexity index is 481. The molecule has 0 unspecified atom stereocenters. The minimum atomic E-state index is -0.0637. The van der Waals surface area contributed by atoms with E-state index >= 15 is 0 Å². The molecule has 1 aliphatic rings. The van der Waals surface area contributed by atoms with Crippen LogP contribution >= 0.6 is 24.0 Å². The zero-order chi connectivity index (χ0) is 13.1. The SMILES string of the molecule is CN(C)c1ccc(C=NN2C(=O)CSC2=S)cc1. The van der Waals surface area contributed by atoms with Crippen LogP contribution in [0.4, 0.5) is 5.69 Å². The Morgan fingerprint density at radius 2 is 2.06 bits per heavy atom. The van der Waals surface area contributed by atoms with Crippen molar-refractivity contribution in [3.05, 3.63) is 29.8 Å². The molecule has 1 amide bonds. The van der Waals surface area contributed by atoms with Gasteiger partial charge >= 0.3 is 0 Å². The zero-order valence-electron chi connectivity index (χ0n) is 10.2. The van der Waals surface area contributed by atoms with Crippen molar-refractivity contribution in [1.29, 1.82) is 0 Å². The lowest BCUT2D eigenvalue weighted by Gasteiger charge is -2.12. The van der Waals surface area contributed by atoms with Gasteiger partial charge in [0.2, 0.25) is 0 Å². The number of hydrogen-bond donors (Lipinski definition) is 0. The summed E-state index contributed by atoms with van der Waals surface area (Å²) in [6.07, 6.45) is 1.65. The van der Waals surface area contributed by atoms with Gasteiger partial charge in [0.15, 0.2) is 4.32 Å². The maximum absolute atomic E-state index is 11.4. The van der Waals surface area contributed by atoms with Crippen LogP contribution in [0, 0.1) is 0 Å². The Morgan fingerprint density at radius 1 is 1.39 bits per heavy atom. The predicted molar refractivity (Wildman–Crippen MR) is 80.3 cm³/mol. The Hall–Kier alpha value is -1.40. The van der Waals surface area contributed by atoms with E-state index in [1.807, 2.05) is 43.3 Å². The lowest BCUT2D eigenvalue weighted by Crippen LogP contribution is -2.22. The fourth-order valence-corrected chi connectivity index (χ4v) is 2.41.